The molecule has 1 aliphatic rings. The Morgan fingerprint density at radius 1 is 1.25 bits per heavy atom. The van der Waals surface area contributed by atoms with Crippen molar-refractivity contribution in [3.63, 3.8) is 0 Å². The van der Waals surface area contributed by atoms with Gasteiger partial charge in [-0.2, -0.15) is 0 Å². The van der Waals surface area contributed by atoms with Gasteiger partial charge in [0.15, 0.2) is 0 Å². The van der Waals surface area contributed by atoms with Gasteiger partial charge in [0.05, 0.1) is 0 Å². The Balaban J connectivity index is 1.91. The molecule has 0 radical (unpaired) electrons. The minimum absolute atomic E-state index is 0.0715. The number of rotatable bonds is 6. The van der Waals surface area contributed by atoms with E-state index in [1.54, 1.807) is 17.0 Å². The van der Waals surface area contributed by atoms with Gasteiger partial charge < -0.3 is 9.80 Å². The summed E-state index contributed by atoms with van der Waals surface area (Å²) in [5.41, 5.74) is 0.864. The van der Waals surface area contributed by atoms with E-state index in [9.17, 15) is 14.0 Å². The molecule has 0 aromatic heterocycles. The molecule has 1 aromatic rings. The maximum absolute atomic E-state index is 13.0. The number of carbonyl (C=O) groups excluding carboxylic acids is 2. The Bertz CT molecular complexity index is 559. The molecule has 4 nitrogen and oxygen atoms in total. The van der Waals surface area contributed by atoms with Crippen molar-refractivity contribution in [1.82, 2.24) is 9.80 Å². The molecule has 5 heteroatoms. The van der Waals surface area contributed by atoms with Crippen LogP contribution in [0.1, 0.15) is 51.5 Å². The number of piperidine rings is 1. The number of halogens is 1. The summed E-state index contributed by atoms with van der Waals surface area (Å²) in [7, 11) is 0. The third-order valence-corrected chi connectivity index (χ3v) is 4.75. The number of benzene rings is 1. The number of hydrogen-bond donors (Lipinski definition) is 0. The molecule has 1 aliphatic heterocycles. The summed E-state index contributed by atoms with van der Waals surface area (Å²) in [4.78, 5) is 28.0. The fourth-order valence-corrected chi connectivity index (χ4v) is 3.29. The van der Waals surface area contributed by atoms with Crippen LogP contribution in [-0.4, -0.2) is 40.7 Å². The highest BCUT2D eigenvalue weighted by Crippen LogP contribution is 2.20. The Morgan fingerprint density at radius 3 is 2.58 bits per heavy atom. The van der Waals surface area contributed by atoms with Crippen molar-refractivity contribution < 1.29 is 14.0 Å². The lowest BCUT2D eigenvalue weighted by Crippen LogP contribution is -2.44. The lowest BCUT2D eigenvalue weighted by Gasteiger charge is -2.35. The zero-order chi connectivity index (χ0) is 17.5. The molecule has 0 N–H and O–H groups in total. The van der Waals surface area contributed by atoms with Crippen LogP contribution in [0.2, 0.25) is 0 Å². The van der Waals surface area contributed by atoms with Gasteiger partial charge in [-0.05, 0) is 43.4 Å². The molecule has 1 atom stereocenters. The van der Waals surface area contributed by atoms with Gasteiger partial charge in [0, 0.05) is 39.0 Å². The van der Waals surface area contributed by atoms with Crippen LogP contribution < -0.4 is 0 Å². The minimum atomic E-state index is -0.293. The van der Waals surface area contributed by atoms with Gasteiger partial charge in [-0.1, -0.05) is 19.1 Å². The van der Waals surface area contributed by atoms with E-state index < -0.39 is 0 Å². The molecule has 24 heavy (non-hydrogen) atoms. The third-order valence-electron chi connectivity index (χ3n) is 4.75. The number of hydrogen-bond acceptors (Lipinski definition) is 2. The highest BCUT2D eigenvalue weighted by Gasteiger charge is 2.25. The van der Waals surface area contributed by atoms with Crippen LogP contribution in [0.15, 0.2) is 24.3 Å². The quantitative estimate of drug-likeness (QED) is 0.800. The molecule has 1 heterocycles. The van der Waals surface area contributed by atoms with E-state index in [1.165, 1.54) is 25.5 Å². The van der Waals surface area contributed by atoms with Crippen molar-refractivity contribution in [2.75, 3.05) is 13.1 Å². The molecular weight excluding hydrogens is 307 g/mol. The van der Waals surface area contributed by atoms with E-state index in [0.29, 0.717) is 25.6 Å². The van der Waals surface area contributed by atoms with Gasteiger partial charge in [0.25, 0.3) is 0 Å². The van der Waals surface area contributed by atoms with Gasteiger partial charge in [-0.15, -0.1) is 0 Å². The first-order valence-corrected chi connectivity index (χ1v) is 8.80. The number of nitrogens with zero attached hydrogens (tertiary/aromatic N) is 2. The van der Waals surface area contributed by atoms with Crippen LogP contribution in [0.5, 0.6) is 0 Å². The van der Waals surface area contributed by atoms with Crippen molar-refractivity contribution in [3.05, 3.63) is 35.6 Å². The van der Waals surface area contributed by atoms with Crippen LogP contribution in [0, 0.1) is 5.82 Å². The number of likely N-dealkylation sites (tertiary alicyclic amines) is 1. The number of amides is 2. The minimum Gasteiger partial charge on any atom is -0.340 e. The van der Waals surface area contributed by atoms with Crippen LogP contribution >= 0.6 is 0 Å². The van der Waals surface area contributed by atoms with Crippen LogP contribution in [0.4, 0.5) is 4.39 Å². The SMILES string of the molecule is CCC1CCCCN1C(=O)CCN(Cc1ccc(F)cc1)C(C)=O. The topological polar surface area (TPSA) is 40.6 Å². The Labute approximate surface area is 143 Å². The largest absolute Gasteiger partial charge is 0.340 e. The lowest BCUT2D eigenvalue weighted by molar-refractivity contribution is -0.136. The van der Waals surface area contributed by atoms with Crippen molar-refractivity contribution in [2.24, 2.45) is 0 Å². The first kappa shape index (κ1) is 18.4. The molecule has 0 bridgehead atoms. The molecule has 0 spiro atoms. The first-order valence-electron chi connectivity index (χ1n) is 8.80. The third kappa shape index (κ3) is 5.05. The van der Waals surface area contributed by atoms with E-state index in [4.69, 9.17) is 0 Å². The van der Waals surface area contributed by atoms with Crippen molar-refractivity contribution >= 4 is 11.8 Å². The normalized spacial score (nSPS) is 17.6. The summed E-state index contributed by atoms with van der Waals surface area (Å²) < 4.78 is 13.0. The fourth-order valence-electron chi connectivity index (χ4n) is 3.29. The second-order valence-corrected chi connectivity index (χ2v) is 6.46. The summed E-state index contributed by atoms with van der Waals surface area (Å²) in [6.45, 7) is 5.25. The smallest absolute Gasteiger partial charge is 0.224 e. The molecule has 2 rings (SSSR count). The van der Waals surface area contributed by atoms with E-state index in [0.717, 1.165) is 31.4 Å². The molecule has 0 aliphatic carbocycles. The maximum atomic E-state index is 13.0. The second-order valence-electron chi connectivity index (χ2n) is 6.46. The van der Waals surface area contributed by atoms with Crippen LogP contribution in [0.3, 0.4) is 0 Å². The standard InChI is InChI=1S/C19H27FN2O2/c1-3-18-6-4-5-12-22(18)19(24)11-13-21(15(2)23)14-16-7-9-17(20)10-8-16/h7-10,18H,3-6,11-14H2,1-2H3. The summed E-state index contributed by atoms with van der Waals surface area (Å²) in [5, 5.41) is 0. The molecule has 1 fully saturated rings. The molecule has 1 unspecified atom stereocenters. The molecule has 2 amide bonds. The molecule has 1 saturated heterocycles. The highest BCUT2D eigenvalue weighted by atomic mass is 19.1. The Hall–Kier alpha value is -1.91. The Kier molecular flexibility index (Phi) is 6.76. The zero-order valence-corrected chi connectivity index (χ0v) is 14.6. The van der Waals surface area contributed by atoms with E-state index in [-0.39, 0.29) is 17.6 Å². The highest BCUT2D eigenvalue weighted by molar-refractivity contribution is 5.78. The first-order chi connectivity index (χ1) is 11.5. The van der Waals surface area contributed by atoms with Crippen LogP contribution in [0.25, 0.3) is 0 Å². The van der Waals surface area contributed by atoms with Crippen molar-refractivity contribution in [1.29, 1.82) is 0 Å². The van der Waals surface area contributed by atoms with Gasteiger partial charge in [0.1, 0.15) is 5.82 Å². The summed E-state index contributed by atoms with van der Waals surface area (Å²) >= 11 is 0. The monoisotopic (exact) mass is 334 g/mol. The van der Waals surface area contributed by atoms with Crippen LogP contribution in [-0.2, 0) is 16.1 Å². The second kappa shape index (κ2) is 8.81. The average molecular weight is 334 g/mol. The summed E-state index contributed by atoms with van der Waals surface area (Å²) in [5.74, 6) is -0.233. The van der Waals surface area contributed by atoms with Gasteiger partial charge >= 0.3 is 0 Å². The molecule has 132 valence electrons. The Morgan fingerprint density at radius 2 is 1.96 bits per heavy atom. The summed E-state index contributed by atoms with van der Waals surface area (Å²) in [6.07, 6.45) is 4.66. The molecule has 1 aromatic carbocycles. The fraction of sp³-hybridized carbons (Fsp3) is 0.579. The van der Waals surface area contributed by atoms with Crippen molar-refractivity contribution in [2.45, 2.75) is 58.5 Å². The van der Waals surface area contributed by atoms with E-state index in [1.807, 2.05) is 4.90 Å². The van der Waals surface area contributed by atoms with Crippen molar-refractivity contribution in [3.8, 4) is 0 Å². The lowest BCUT2D eigenvalue weighted by atomic mass is 9.99. The predicted molar refractivity (Wildman–Crippen MR) is 91.8 cm³/mol. The van der Waals surface area contributed by atoms with Gasteiger partial charge in [-0.3, -0.25) is 9.59 Å². The summed E-state index contributed by atoms with van der Waals surface area (Å²) in [6, 6.07) is 6.46. The number of carbonyl (C=O) groups is 2. The molecule has 0 saturated carbocycles. The zero-order valence-electron chi connectivity index (χ0n) is 14.6. The van der Waals surface area contributed by atoms with E-state index in [2.05, 4.69) is 6.92 Å². The maximum Gasteiger partial charge on any atom is 0.224 e. The van der Waals surface area contributed by atoms with Gasteiger partial charge in [-0.25, -0.2) is 4.39 Å². The average Bonchev–Trinajstić information content (AvgIpc) is 2.59. The van der Waals surface area contributed by atoms with E-state index >= 15 is 0 Å². The molecular formula is C19H27FN2O2. The van der Waals surface area contributed by atoms with Gasteiger partial charge in [0.2, 0.25) is 11.8 Å². The predicted octanol–water partition coefficient (Wildman–Crippen LogP) is 3.36.